The number of hydrogen-bond acceptors (Lipinski definition) is 4. The van der Waals surface area contributed by atoms with E-state index in [2.05, 4.69) is 75.6 Å². The lowest BCUT2D eigenvalue weighted by Crippen LogP contribution is -2.20. The van der Waals surface area contributed by atoms with Gasteiger partial charge in [0.25, 0.3) is 0 Å². The standard InChI is InChI=1S/C16H22BrN3S/c1-12(2)8-18-9-14-7-15(4-5-19-14)20(3)10-16-6-13(17)11-21-16/h4-7,11-12,18H,8-10H2,1-3H3. The first-order valence-electron chi connectivity index (χ1n) is 7.14. The minimum atomic E-state index is 0.660. The highest BCUT2D eigenvalue weighted by Gasteiger charge is 2.06. The molecule has 1 N–H and O–H groups in total. The molecule has 0 bridgehead atoms. The molecule has 0 aliphatic rings. The van der Waals surface area contributed by atoms with Crippen molar-refractivity contribution in [3.63, 3.8) is 0 Å². The molecule has 0 aliphatic heterocycles. The summed E-state index contributed by atoms with van der Waals surface area (Å²) in [5, 5.41) is 5.56. The van der Waals surface area contributed by atoms with Crippen LogP contribution in [-0.4, -0.2) is 18.6 Å². The molecule has 0 fully saturated rings. The minimum Gasteiger partial charge on any atom is -0.369 e. The van der Waals surface area contributed by atoms with E-state index in [1.54, 1.807) is 11.3 Å². The smallest absolute Gasteiger partial charge is 0.0562 e. The highest BCUT2D eigenvalue weighted by Crippen LogP contribution is 2.23. The third-order valence-electron chi connectivity index (χ3n) is 3.11. The second-order valence-corrected chi connectivity index (χ2v) is 7.53. The van der Waals surface area contributed by atoms with E-state index in [4.69, 9.17) is 0 Å². The summed E-state index contributed by atoms with van der Waals surface area (Å²) in [5.41, 5.74) is 2.29. The summed E-state index contributed by atoms with van der Waals surface area (Å²) in [6, 6.07) is 6.40. The van der Waals surface area contributed by atoms with Crippen molar-refractivity contribution in [2.75, 3.05) is 18.5 Å². The monoisotopic (exact) mass is 367 g/mol. The first-order chi connectivity index (χ1) is 10.0. The summed E-state index contributed by atoms with van der Waals surface area (Å²) in [6.07, 6.45) is 1.89. The van der Waals surface area contributed by atoms with E-state index in [9.17, 15) is 0 Å². The topological polar surface area (TPSA) is 28.2 Å². The van der Waals surface area contributed by atoms with Crippen LogP contribution >= 0.6 is 27.3 Å². The zero-order chi connectivity index (χ0) is 15.2. The lowest BCUT2D eigenvalue weighted by atomic mass is 10.2. The van der Waals surface area contributed by atoms with Crippen LogP contribution in [0.1, 0.15) is 24.4 Å². The SMILES string of the molecule is CC(C)CNCc1cc(N(C)Cc2cc(Br)cs2)ccn1. The summed E-state index contributed by atoms with van der Waals surface area (Å²) in [6.45, 7) is 7.18. The highest BCUT2D eigenvalue weighted by molar-refractivity contribution is 9.10. The molecule has 0 radical (unpaired) electrons. The van der Waals surface area contributed by atoms with Crippen LogP contribution in [0.15, 0.2) is 34.2 Å². The third kappa shape index (κ3) is 5.41. The summed E-state index contributed by atoms with van der Waals surface area (Å²) in [7, 11) is 2.12. The molecule has 0 aliphatic carbocycles. The van der Waals surface area contributed by atoms with Crippen molar-refractivity contribution in [3.8, 4) is 0 Å². The van der Waals surface area contributed by atoms with Crippen molar-refractivity contribution >= 4 is 33.0 Å². The second kappa shape index (κ2) is 7.92. The Hall–Kier alpha value is -0.910. The Balaban J connectivity index is 1.95. The molecule has 2 heterocycles. The van der Waals surface area contributed by atoms with Crippen molar-refractivity contribution < 1.29 is 0 Å². The molecule has 0 saturated carbocycles. The first kappa shape index (κ1) is 16.5. The Bertz CT molecular complexity index is 568. The van der Waals surface area contributed by atoms with E-state index in [0.29, 0.717) is 5.92 Å². The third-order valence-corrected chi connectivity index (χ3v) is 4.80. The Kier molecular flexibility index (Phi) is 6.21. The highest BCUT2D eigenvalue weighted by atomic mass is 79.9. The number of aromatic nitrogens is 1. The zero-order valence-electron chi connectivity index (χ0n) is 12.8. The fourth-order valence-electron chi connectivity index (χ4n) is 2.05. The largest absolute Gasteiger partial charge is 0.369 e. The average molecular weight is 368 g/mol. The Morgan fingerprint density at radius 3 is 2.86 bits per heavy atom. The van der Waals surface area contributed by atoms with E-state index in [0.717, 1.165) is 29.8 Å². The second-order valence-electron chi connectivity index (χ2n) is 5.62. The van der Waals surface area contributed by atoms with Crippen LogP contribution in [0.4, 0.5) is 5.69 Å². The van der Waals surface area contributed by atoms with Gasteiger partial charge in [-0.3, -0.25) is 4.98 Å². The number of anilines is 1. The Labute approximate surface area is 139 Å². The van der Waals surface area contributed by atoms with Gasteiger partial charge in [-0.2, -0.15) is 0 Å². The molecule has 0 unspecified atom stereocenters. The van der Waals surface area contributed by atoms with E-state index in [1.807, 2.05) is 6.20 Å². The lowest BCUT2D eigenvalue weighted by Gasteiger charge is -2.19. The quantitative estimate of drug-likeness (QED) is 0.790. The molecular weight excluding hydrogens is 346 g/mol. The fourth-order valence-corrected chi connectivity index (χ4v) is 3.55. The number of thiophene rings is 1. The van der Waals surface area contributed by atoms with E-state index in [-0.39, 0.29) is 0 Å². The number of nitrogens with one attached hydrogen (secondary N) is 1. The van der Waals surface area contributed by atoms with Gasteiger partial charge in [0.15, 0.2) is 0 Å². The van der Waals surface area contributed by atoms with Gasteiger partial charge < -0.3 is 10.2 Å². The number of rotatable bonds is 7. The maximum atomic E-state index is 4.44. The van der Waals surface area contributed by atoms with E-state index < -0.39 is 0 Å². The number of hydrogen-bond donors (Lipinski definition) is 1. The maximum absolute atomic E-state index is 4.44. The molecule has 2 aromatic heterocycles. The van der Waals surface area contributed by atoms with E-state index >= 15 is 0 Å². The molecule has 3 nitrogen and oxygen atoms in total. The van der Waals surface area contributed by atoms with Crippen LogP contribution in [0.3, 0.4) is 0 Å². The first-order valence-corrected chi connectivity index (χ1v) is 8.81. The predicted molar refractivity (Wildman–Crippen MR) is 94.9 cm³/mol. The molecule has 0 saturated heterocycles. The number of pyridine rings is 1. The lowest BCUT2D eigenvalue weighted by molar-refractivity contribution is 0.548. The average Bonchev–Trinajstić information content (AvgIpc) is 2.84. The summed E-state index contributed by atoms with van der Waals surface area (Å²) < 4.78 is 1.16. The van der Waals surface area contributed by atoms with Gasteiger partial charge in [-0.1, -0.05) is 13.8 Å². The van der Waals surface area contributed by atoms with Crippen molar-refractivity contribution in [1.29, 1.82) is 0 Å². The van der Waals surface area contributed by atoms with Gasteiger partial charge in [-0.05, 0) is 46.6 Å². The van der Waals surface area contributed by atoms with Crippen LogP contribution in [-0.2, 0) is 13.1 Å². The maximum Gasteiger partial charge on any atom is 0.0562 e. The molecular formula is C16H22BrN3S. The molecule has 5 heteroatoms. The zero-order valence-corrected chi connectivity index (χ0v) is 15.2. The van der Waals surface area contributed by atoms with Crippen LogP contribution in [0.25, 0.3) is 0 Å². The van der Waals surface area contributed by atoms with Crippen LogP contribution in [0.2, 0.25) is 0 Å². The summed E-state index contributed by atoms with van der Waals surface area (Å²) in [5.74, 6) is 0.660. The minimum absolute atomic E-state index is 0.660. The van der Waals surface area contributed by atoms with Gasteiger partial charge in [0.05, 0.1) is 12.2 Å². The fraction of sp³-hybridized carbons (Fsp3) is 0.438. The van der Waals surface area contributed by atoms with Crippen molar-refractivity contribution in [3.05, 3.63) is 44.8 Å². The Morgan fingerprint density at radius 2 is 2.19 bits per heavy atom. The van der Waals surface area contributed by atoms with Crippen LogP contribution in [0, 0.1) is 5.92 Å². The van der Waals surface area contributed by atoms with Crippen molar-refractivity contribution in [2.24, 2.45) is 5.92 Å². The van der Waals surface area contributed by atoms with Gasteiger partial charge in [0.2, 0.25) is 0 Å². The van der Waals surface area contributed by atoms with Gasteiger partial charge in [0, 0.05) is 40.2 Å². The molecule has 0 atom stereocenters. The van der Waals surface area contributed by atoms with Crippen molar-refractivity contribution in [1.82, 2.24) is 10.3 Å². The molecule has 0 spiro atoms. The molecule has 2 rings (SSSR count). The van der Waals surface area contributed by atoms with Gasteiger partial charge >= 0.3 is 0 Å². The number of nitrogens with zero attached hydrogens (tertiary/aromatic N) is 2. The molecule has 114 valence electrons. The molecule has 2 aromatic rings. The number of halogens is 1. The van der Waals surface area contributed by atoms with Crippen molar-refractivity contribution in [2.45, 2.75) is 26.9 Å². The molecule has 21 heavy (non-hydrogen) atoms. The summed E-state index contributed by atoms with van der Waals surface area (Å²) in [4.78, 5) is 8.04. The van der Waals surface area contributed by atoms with Crippen LogP contribution in [0.5, 0.6) is 0 Å². The molecule has 0 amide bonds. The van der Waals surface area contributed by atoms with Gasteiger partial charge in [-0.25, -0.2) is 0 Å². The van der Waals surface area contributed by atoms with Gasteiger partial charge in [-0.15, -0.1) is 11.3 Å². The van der Waals surface area contributed by atoms with E-state index in [1.165, 1.54) is 10.6 Å². The Morgan fingerprint density at radius 1 is 1.38 bits per heavy atom. The predicted octanol–water partition coefficient (Wildman–Crippen LogP) is 4.29. The summed E-state index contributed by atoms with van der Waals surface area (Å²) >= 11 is 5.28. The van der Waals surface area contributed by atoms with Gasteiger partial charge in [0.1, 0.15) is 0 Å². The normalized spacial score (nSPS) is 11.1. The van der Waals surface area contributed by atoms with Crippen LogP contribution < -0.4 is 10.2 Å². The molecule has 0 aromatic carbocycles.